The molecule has 4 nitrogen and oxygen atoms in total. The summed E-state index contributed by atoms with van der Waals surface area (Å²) in [4.78, 5) is 13.4. The smallest absolute Gasteiger partial charge is 0.314 e. The molecule has 30 heavy (non-hydrogen) atoms. The fourth-order valence-electron chi connectivity index (χ4n) is 6.32. The van der Waals surface area contributed by atoms with Gasteiger partial charge in [0.2, 0.25) is 6.10 Å². The molecule has 4 bridgehead atoms. The van der Waals surface area contributed by atoms with Crippen LogP contribution in [-0.4, -0.2) is 5.97 Å². The maximum atomic E-state index is 13.4. The lowest BCUT2D eigenvalue weighted by Gasteiger charge is -2.57. The molecule has 4 aliphatic carbocycles. The first-order valence-electron chi connectivity index (χ1n) is 11.1. The molecule has 154 valence electrons. The molecule has 6 rings (SSSR count). The van der Waals surface area contributed by atoms with Crippen LogP contribution in [0.25, 0.3) is 0 Å². The van der Waals surface area contributed by atoms with Crippen LogP contribution >= 0.6 is 0 Å². The van der Waals surface area contributed by atoms with E-state index in [-0.39, 0.29) is 11.4 Å². The van der Waals surface area contributed by atoms with Crippen molar-refractivity contribution in [3.8, 4) is 17.6 Å². The van der Waals surface area contributed by atoms with Crippen LogP contribution in [0.4, 0.5) is 0 Å². The van der Waals surface area contributed by atoms with Crippen molar-refractivity contribution in [2.24, 2.45) is 23.2 Å². The molecule has 0 N–H and O–H groups in total. The number of nitriles is 1. The maximum Gasteiger partial charge on any atom is 0.314 e. The maximum absolute atomic E-state index is 13.4. The molecule has 4 heteroatoms. The molecule has 0 aromatic heterocycles. The largest absolute Gasteiger partial charge is 0.457 e. The van der Waals surface area contributed by atoms with Crippen molar-refractivity contribution in [3.05, 3.63) is 60.2 Å². The van der Waals surface area contributed by atoms with Crippen LogP contribution in [0, 0.1) is 34.5 Å². The first-order valence-corrected chi connectivity index (χ1v) is 11.1. The number of hydrogen-bond donors (Lipinski definition) is 0. The zero-order chi connectivity index (χ0) is 20.6. The minimum atomic E-state index is -0.910. The Bertz CT molecular complexity index is 966. The molecule has 2 aromatic rings. The molecule has 0 aliphatic heterocycles. The number of carbonyl (C=O) groups is 1. The molecule has 2 aromatic carbocycles. The molecule has 4 aliphatic rings. The second-order valence-corrected chi connectivity index (χ2v) is 9.20. The van der Waals surface area contributed by atoms with Crippen molar-refractivity contribution in [2.45, 2.75) is 51.0 Å². The zero-order valence-electron chi connectivity index (χ0n) is 17.1. The van der Waals surface area contributed by atoms with Crippen molar-refractivity contribution < 1.29 is 14.3 Å². The van der Waals surface area contributed by atoms with Gasteiger partial charge in [-0.1, -0.05) is 49.6 Å². The first kappa shape index (κ1) is 19.2. The fraction of sp³-hybridized carbons (Fsp3) is 0.462. The van der Waals surface area contributed by atoms with Gasteiger partial charge in [0.25, 0.3) is 0 Å². The summed E-state index contributed by atoms with van der Waals surface area (Å²) in [6.45, 7) is 0. The van der Waals surface area contributed by atoms with Gasteiger partial charge < -0.3 is 9.47 Å². The molecular formula is C26H27NO3. The summed E-state index contributed by atoms with van der Waals surface area (Å²) in [6, 6.07) is 19.0. The van der Waals surface area contributed by atoms with Gasteiger partial charge in [-0.25, -0.2) is 0 Å². The number of hydrogen-bond acceptors (Lipinski definition) is 4. The highest BCUT2D eigenvalue weighted by molar-refractivity contribution is 5.78. The highest BCUT2D eigenvalue weighted by Crippen LogP contribution is 2.62. The van der Waals surface area contributed by atoms with Crippen molar-refractivity contribution in [2.75, 3.05) is 0 Å². The molecular weight excluding hydrogens is 374 g/mol. The number of fused-ring (bicyclic) bond motifs is 1. The summed E-state index contributed by atoms with van der Waals surface area (Å²) < 4.78 is 11.8. The van der Waals surface area contributed by atoms with E-state index >= 15 is 0 Å². The standard InChI is InChI=1S/C26H27NO3/c27-17-24(20-6-4-10-22(15-20)29-21-8-2-1-3-9-21)30-25(28)26-13-5-7-19-14-18(16-26)11-12-23(19)26/h1-4,6,8-10,15,18-19,23-24H,5,7,11-14,16H2. The van der Waals surface area contributed by atoms with Crippen LogP contribution in [-0.2, 0) is 9.53 Å². The summed E-state index contributed by atoms with van der Waals surface area (Å²) in [5.41, 5.74) is 0.293. The summed E-state index contributed by atoms with van der Waals surface area (Å²) in [5.74, 6) is 2.96. The molecule has 4 fully saturated rings. The summed E-state index contributed by atoms with van der Waals surface area (Å²) in [6.07, 6.45) is 6.96. The zero-order valence-corrected chi connectivity index (χ0v) is 17.1. The van der Waals surface area contributed by atoms with Gasteiger partial charge in [-0.2, -0.15) is 5.26 Å². The lowest BCUT2D eigenvalue weighted by Crippen LogP contribution is -2.54. The van der Waals surface area contributed by atoms with E-state index in [1.165, 1.54) is 19.3 Å². The fourth-order valence-corrected chi connectivity index (χ4v) is 6.32. The van der Waals surface area contributed by atoms with Gasteiger partial charge >= 0.3 is 5.97 Å². The van der Waals surface area contributed by atoms with E-state index in [4.69, 9.17) is 9.47 Å². The quantitative estimate of drug-likeness (QED) is 0.560. The predicted molar refractivity (Wildman–Crippen MR) is 113 cm³/mol. The molecule has 5 unspecified atom stereocenters. The number of ether oxygens (including phenoxy) is 2. The minimum Gasteiger partial charge on any atom is -0.457 e. The summed E-state index contributed by atoms with van der Waals surface area (Å²) in [7, 11) is 0. The van der Waals surface area contributed by atoms with Crippen LogP contribution in [0.15, 0.2) is 54.6 Å². The van der Waals surface area contributed by atoms with Gasteiger partial charge in [-0.05, 0) is 67.7 Å². The van der Waals surface area contributed by atoms with E-state index < -0.39 is 6.10 Å². The number of esters is 1. The Hall–Kier alpha value is -2.80. The van der Waals surface area contributed by atoms with Crippen LogP contribution in [0.1, 0.15) is 56.6 Å². The molecule has 0 heterocycles. The second kappa shape index (κ2) is 7.80. The third kappa shape index (κ3) is 3.37. The average Bonchev–Trinajstić information content (AvgIpc) is 2.78. The van der Waals surface area contributed by atoms with Gasteiger partial charge in [0.05, 0.1) is 5.41 Å². The molecule has 4 saturated carbocycles. The van der Waals surface area contributed by atoms with Gasteiger partial charge in [-0.3, -0.25) is 4.79 Å². The van der Waals surface area contributed by atoms with Gasteiger partial charge in [0.15, 0.2) is 0 Å². The van der Waals surface area contributed by atoms with Crippen molar-refractivity contribution in [1.82, 2.24) is 0 Å². The normalized spacial score (nSPS) is 30.2. The van der Waals surface area contributed by atoms with Crippen molar-refractivity contribution >= 4 is 5.97 Å². The Morgan fingerprint density at radius 2 is 1.90 bits per heavy atom. The Kier molecular flexibility index (Phi) is 4.98. The highest BCUT2D eigenvalue weighted by atomic mass is 16.5. The van der Waals surface area contributed by atoms with Crippen LogP contribution in [0.2, 0.25) is 0 Å². The number of para-hydroxylation sites is 1. The van der Waals surface area contributed by atoms with Crippen LogP contribution < -0.4 is 4.74 Å². The topological polar surface area (TPSA) is 59.3 Å². The molecule has 0 amide bonds. The van der Waals surface area contributed by atoms with Crippen molar-refractivity contribution in [1.29, 1.82) is 5.26 Å². The van der Waals surface area contributed by atoms with E-state index in [1.807, 2.05) is 48.5 Å². The van der Waals surface area contributed by atoms with Crippen LogP contribution in [0.5, 0.6) is 11.5 Å². The van der Waals surface area contributed by atoms with E-state index in [9.17, 15) is 10.1 Å². The Labute approximate surface area is 177 Å². The number of rotatable bonds is 5. The third-order valence-electron chi connectivity index (χ3n) is 7.54. The van der Waals surface area contributed by atoms with Crippen LogP contribution in [0.3, 0.4) is 0 Å². The predicted octanol–water partition coefficient (Wildman–Crippen LogP) is 6.19. The van der Waals surface area contributed by atoms with E-state index in [2.05, 4.69) is 6.07 Å². The molecule has 0 spiro atoms. The average molecular weight is 402 g/mol. The van der Waals surface area contributed by atoms with E-state index in [0.29, 0.717) is 29.1 Å². The Morgan fingerprint density at radius 3 is 2.70 bits per heavy atom. The Morgan fingerprint density at radius 1 is 1.07 bits per heavy atom. The monoisotopic (exact) mass is 401 g/mol. The Balaban J connectivity index is 1.35. The van der Waals surface area contributed by atoms with E-state index in [0.717, 1.165) is 31.4 Å². The first-order chi connectivity index (χ1) is 14.7. The molecule has 0 radical (unpaired) electrons. The summed E-state index contributed by atoms with van der Waals surface area (Å²) in [5, 5.41) is 9.79. The van der Waals surface area contributed by atoms with E-state index in [1.54, 1.807) is 6.07 Å². The second-order valence-electron chi connectivity index (χ2n) is 9.20. The number of nitrogens with zero attached hydrogens (tertiary/aromatic N) is 1. The van der Waals surface area contributed by atoms with Crippen molar-refractivity contribution in [3.63, 3.8) is 0 Å². The minimum absolute atomic E-state index is 0.150. The van der Waals surface area contributed by atoms with Gasteiger partial charge in [-0.15, -0.1) is 0 Å². The molecule has 0 saturated heterocycles. The number of carbonyl (C=O) groups excluding carboxylic acids is 1. The lowest BCUT2D eigenvalue weighted by molar-refractivity contribution is -0.181. The lowest BCUT2D eigenvalue weighted by atomic mass is 9.47. The SMILES string of the molecule is N#CC(OC(=O)C12CCCC3CC(CCC31)C2)c1cccc(Oc2ccccc2)c1. The summed E-state index contributed by atoms with van der Waals surface area (Å²) >= 11 is 0. The van der Waals surface area contributed by atoms with Gasteiger partial charge in [0, 0.05) is 5.56 Å². The van der Waals surface area contributed by atoms with Gasteiger partial charge in [0.1, 0.15) is 17.6 Å². The molecule has 5 atom stereocenters. The number of benzene rings is 2. The highest BCUT2D eigenvalue weighted by Gasteiger charge is 2.58. The third-order valence-corrected chi connectivity index (χ3v) is 7.54.